The van der Waals surface area contributed by atoms with E-state index in [1.54, 1.807) is 4.90 Å². The Balaban J connectivity index is 1.69. The van der Waals surface area contributed by atoms with E-state index in [0.29, 0.717) is 13.0 Å². The number of rotatable bonds is 6. The summed E-state index contributed by atoms with van der Waals surface area (Å²) in [7, 11) is 1.86. The number of hydrogen-bond donors (Lipinski definition) is 2. The highest BCUT2D eigenvalue weighted by molar-refractivity contribution is 5.78. The standard InChI is InChI=1S/C29H46N2O3/c1-19(27(34)31(7)18-21-11-9-8-10-12-21)22-13-15-29(6)16-14-23(20(2)25(29)26(22)33)30-24(32)17-28(3,4)5/h8-12,19-20,22-23,25-26,33H,13-18H2,1-7H3,(H,30,32)/t19-,20+,22+,23-,25+,26-,29-/m0/s1. The molecule has 2 N–H and O–H groups in total. The Morgan fingerprint density at radius 3 is 2.41 bits per heavy atom. The van der Waals surface area contributed by atoms with Gasteiger partial charge in [-0.2, -0.15) is 0 Å². The summed E-state index contributed by atoms with van der Waals surface area (Å²) in [6, 6.07) is 10.1. The molecule has 0 heterocycles. The van der Waals surface area contributed by atoms with Crippen molar-refractivity contribution in [2.45, 2.75) is 92.3 Å². The van der Waals surface area contributed by atoms with Gasteiger partial charge < -0.3 is 15.3 Å². The minimum Gasteiger partial charge on any atom is -0.392 e. The van der Waals surface area contributed by atoms with E-state index in [2.05, 4.69) is 39.9 Å². The average molecular weight is 471 g/mol. The molecule has 2 amide bonds. The van der Waals surface area contributed by atoms with Gasteiger partial charge in [-0.15, -0.1) is 0 Å². The number of nitrogens with zero attached hydrogens (tertiary/aromatic N) is 1. The predicted molar refractivity (Wildman–Crippen MR) is 137 cm³/mol. The summed E-state index contributed by atoms with van der Waals surface area (Å²) in [6.07, 6.45) is 3.81. The molecule has 0 unspecified atom stereocenters. The van der Waals surface area contributed by atoms with E-state index in [-0.39, 0.29) is 52.4 Å². The molecule has 5 heteroatoms. The van der Waals surface area contributed by atoms with Crippen LogP contribution in [0.5, 0.6) is 0 Å². The minimum absolute atomic E-state index is 0.0481. The number of amides is 2. The van der Waals surface area contributed by atoms with Gasteiger partial charge in [-0.1, -0.05) is 71.9 Å². The predicted octanol–water partition coefficient (Wildman–Crippen LogP) is 5.03. The Hall–Kier alpha value is -1.88. The lowest BCUT2D eigenvalue weighted by Crippen LogP contribution is -2.58. The van der Waals surface area contributed by atoms with Crippen molar-refractivity contribution < 1.29 is 14.7 Å². The molecular formula is C29H46N2O3. The van der Waals surface area contributed by atoms with Crippen molar-refractivity contribution in [3.63, 3.8) is 0 Å². The van der Waals surface area contributed by atoms with Crippen LogP contribution in [-0.4, -0.2) is 41.0 Å². The molecule has 2 fully saturated rings. The fourth-order valence-electron chi connectivity index (χ4n) is 6.70. The van der Waals surface area contributed by atoms with E-state index in [0.717, 1.165) is 31.2 Å². The van der Waals surface area contributed by atoms with Gasteiger partial charge in [0.2, 0.25) is 11.8 Å². The van der Waals surface area contributed by atoms with Gasteiger partial charge in [-0.05, 0) is 59.8 Å². The summed E-state index contributed by atoms with van der Waals surface area (Å²) in [5.74, 6) is 0.141. The third-order valence-electron chi connectivity index (χ3n) is 8.60. The third kappa shape index (κ3) is 6.02. The number of carbonyl (C=O) groups excluding carboxylic acids is 2. The number of hydrogen-bond acceptors (Lipinski definition) is 3. The minimum atomic E-state index is -0.542. The molecule has 5 nitrogen and oxygen atoms in total. The van der Waals surface area contributed by atoms with Crippen LogP contribution in [0.2, 0.25) is 0 Å². The normalized spacial score (nSPS) is 32.4. The van der Waals surface area contributed by atoms with Crippen molar-refractivity contribution in [1.82, 2.24) is 10.2 Å². The highest BCUT2D eigenvalue weighted by Crippen LogP contribution is 2.55. The second-order valence-electron chi connectivity index (χ2n) is 12.7. The van der Waals surface area contributed by atoms with Crippen LogP contribution in [-0.2, 0) is 16.1 Å². The summed E-state index contributed by atoms with van der Waals surface area (Å²) in [5, 5.41) is 14.9. The highest BCUT2D eigenvalue weighted by atomic mass is 16.3. The molecule has 0 spiro atoms. The largest absolute Gasteiger partial charge is 0.392 e. The molecule has 190 valence electrons. The molecule has 1 aromatic carbocycles. The summed E-state index contributed by atoms with van der Waals surface area (Å²) < 4.78 is 0. The van der Waals surface area contributed by atoms with Crippen molar-refractivity contribution in [3.8, 4) is 0 Å². The van der Waals surface area contributed by atoms with Crippen molar-refractivity contribution in [2.75, 3.05) is 7.05 Å². The Labute approximate surface area is 206 Å². The van der Waals surface area contributed by atoms with Crippen LogP contribution in [0, 0.1) is 34.5 Å². The van der Waals surface area contributed by atoms with Crippen molar-refractivity contribution in [1.29, 1.82) is 0 Å². The molecule has 0 radical (unpaired) electrons. The zero-order chi connectivity index (χ0) is 25.3. The van der Waals surface area contributed by atoms with Gasteiger partial charge in [0.25, 0.3) is 0 Å². The molecule has 1 aromatic rings. The molecule has 2 aliphatic carbocycles. The van der Waals surface area contributed by atoms with E-state index in [1.165, 1.54) is 0 Å². The van der Waals surface area contributed by atoms with Gasteiger partial charge in [0, 0.05) is 32.0 Å². The van der Waals surface area contributed by atoms with E-state index >= 15 is 0 Å². The molecule has 0 aliphatic heterocycles. The van der Waals surface area contributed by atoms with Crippen LogP contribution >= 0.6 is 0 Å². The van der Waals surface area contributed by atoms with Gasteiger partial charge in [-0.25, -0.2) is 0 Å². The summed E-state index contributed by atoms with van der Waals surface area (Å²) in [5.41, 5.74) is 1.12. The van der Waals surface area contributed by atoms with Crippen LogP contribution in [0.3, 0.4) is 0 Å². The van der Waals surface area contributed by atoms with E-state index in [9.17, 15) is 14.7 Å². The SMILES string of the molecule is C[C@H]1[C@@H]2[C@@H](O)[C@@H]([C@H](C)C(=O)N(C)Cc3ccccc3)CC[C@@]2(C)CC[C@@H]1NC(=O)CC(C)(C)C. The third-order valence-corrected chi connectivity index (χ3v) is 8.60. The molecule has 3 rings (SSSR count). The summed E-state index contributed by atoms with van der Waals surface area (Å²) in [6.45, 7) is 13.3. The smallest absolute Gasteiger partial charge is 0.225 e. The lowest BCUT2D eigenvalue weighted by molar-refractivity contribution is -0.150. The Morgan fingerprint density at radius 2 is 1.79 bits per heavy atom. The zero-order valence-corrected chi connectivity index (χ0v) is 22.3. The number of fused-ring (bicyclic) bond motifs is 1. The first kappa shape index (κ1) is 26.7. The van der Waals surface area contributed by atoms with E-state index in [4.69, 9.17) is 0 Å². The van der Waals surface area contributed by atoms with Crippen LogP contribution in [0.1, 0.15) is 79.2 Å². The van der Waals surface area contributed by atoms with Gasteiger partial charge in [0.1, 0.15) is 0 Å². The van der Waals surface area contributed by atoms with Crippen molar-refractivity contribution in [3.05, 3.63) is 35.9 Å². The number of benzene rings is 1. The second kappa shape index (κ2) is 10.4. The summed E-state index contributed by atoms with van der Waals surface area (Å²) >= 11 is 0. The monoisotopic (exact) mass is 470 g/mol. The van der Waals surface area contributed by atoms with Crippen LogP contribution in [0.4, 0.5) is 0 Å². The molecule has 7 atom stereocenters. The van der Waals surface area contributed by atoms with Crippen molar-refractivity contribution >= 4 is 11.8 Å². The molecule has 0 saturated heterocycles. The van der Waals surface area contributed by atoms with Gasteiger partial charge in [0.15, 0.2) is 0 Å². The van der Waals surface area contributed by atoms with Gasteiger partial charge in [0.05, 0.1) is 6.10 Å². The number of carbonyl (C=O) groups is 2. The lowest BCUT2D eigenvalue weighted by Gasteiger charge is -2.56. The summed E-state index contributed by atoms with van der Waals surface area (Å²) in [4.78, 5) is 27.8. The first-order valence-corrected chi connectivity index (χ1v) is 13.1. The van der Waals surface area contributed by atoms with E-state index < -0.39 is 6.10 Å². The first-order chi connectivity index (χ1) is 15.8. The highest BCUT2D eigenvalue weighted by Gasteiger charge is 2.54. The molecule has 2 saturated carbocycles. The van der Waals surface area contributed by atoms with Gasteiger partial charge >= 0.3 is 0 Å². The lowest BCUT2D eigenvalue weighted by atomic mass is 9.51. The molecule has 34 heavy (non-hydrogen) atoms. The Morgan fingerprint density at radius 1 is 1.18 bits per heavy atom. The quantitative estimate of drug-likeness (QED) is 0.613. The molecule has 2 aliphatic rings. The Kier molecular flexibility index (Phi) is 8.17. The zero-order valence-electron chi connectivity index (χ0n) is 22.3. The van der Waals surface area contributed by atoms with Gasteiger partial charge in [-0.3, -0.25) is 9.59 Å². The fourth-order valence-corrected chi connectivity index (χ4v) is 6.70. The number of aliphatic hydroxyl groups is 1. The van der Waals surface area contributed by atoms with E-state index in [1.807, 2.05) is 44.3 Å². The Bertz CT molecular complexity index is 849. The maximum atomic E-state index is 13.3. The maximum absolute atomic E-state index is 13.3. The molecular weight excluding hydrogens is 424 g/mol. The van der Waals surface area contributed by atoms with Crippen LogP contribution in [0.15, 0.2) is 30.3 Å². The second-order valence-corrected chi connectivity index (χ2v) is 12.7. The first-order valence-electron chi connectivity index (χ1n) is 13.1. The van der Waals surface area contributed by atoms with Crippen LogP contribution in [0.25, 0.3) is 0 Å². The maximum Gasteiger partial charge on any atom is 0.225 e. The number of aliphatic hydroxyl groups excluding tert-OH is 1. The molecule has 0 aromatic heterocycles. The molecule has 0 bridgehead atoms. The van der Waals surface area contributed by atoms with Crippen molar-refractivity contribution in [2.24, 2.45) is 34.5 Å². The topological polar surface area (TPSA) is 69.6 Å². The average Bonchev–Trinajstić information content (AvgIpc) is 2.74. The number of nitrogens with one attached hydrogen (secondary N) is 1. The fraction of sp³-hybridized carbons (Fsp3) is 0.724. The van der Waals surface area contributed by atoms with Crippen LogP contribution < -0.4 is 5.32 Å².